The number of halogens is 1. The fourth-order valence-electron chi connectivity index (χ4n) is 2.17. The number of nitrogens with one attached hydrogen (secondary N) is 1. The van der Waals surface area contributed by atoms with Crippen LogP contribution in [0.4, 0.5) is 0 Å². The summed E-state index contributed by atoms with van der Waals surface area (Å²) in [6.07, 6.45) is 1.52. The van der Waals surface area contributed by atoms with Crippen molar-refractivity contribution in [3.8, 4) is 17.2 Å². The van der Waals surface area contributed by atoms with E-state index in [0.29, 0.717) is 28.9 Å². The minimum Gasteiger partial charge on any atom is -0.493 e. The van der Waals surface area contributed by atoms with Crippen LogP contribution in [0, 0.1) is 6.92 Å². The first kappa shape index (κ1) is 19.6. The SMILES string of the molecule is CCOc1ccc(/C=N\NC(=O)COc2ccc(Cl)cc2C)cc1OC. The summed E-state index contributed by atoms with van der Waals surface area (Å²) in [6, 6.07) is 10.6. The summed E-state index contributed by atoms with van der Waals surface area (Å²) >= 11 is 5.88. The molecule has 0 aliphatic carbocycles. The third-order valence-electron chi connectivity index (χ3n) is 3.39. The largest absolute Gasteiger partial charge is 0.493 e. The number of hydrogen-bond acceptors (Lipinski definition) is 5. The zero-order chi connectivity index (χ0) is 18.9. The maximum absolute atomic E-state index is 11.8. The molecule has 0 radical (unpaired) electrons. The number of ether oxygens (including phenoxy) is 3. The second kappa shape index (κ2) is 9.68. The van der Waals surface area contributed by atoms with Gasteiger partial charge in [0, 0.05) is 5.02 Å². The number of rotatable bonds is 8. The minimum atomic E-state index is -0.367. The van der Waals surface area contributed by atoms with E-state index in [2.05, 4.69) is 10.5 Å². The van der Waals surface area contributed by atoms with Crippen LogP contribution in [0.1, 0.15) is 18.1 Å². The predicted molar refractivity (Wildman–Crippen MR) is 102 cm³/mol. The Balaban J connectivity index is 1.88. The number of aryl methyl sites for hydroxylation is 1. The first-order valence-electron chi connectivity index (χ1n) is 8.05. The Kier molecular flexibility index (Phi) is 7.29. The van der Waals surface area contributed by atoms with E-state index < -0.39 is 0 Å². The van der Waals surface area contributed by atoms with Gasteiger partial charge in [0.05, 0.1) is 19.9 Å². The second-order valence-corrected chi connectivity index (χ2v) is 5.77. The van der Waals surface area contributed by atoms with Crippen molar-refractivity contribution in [2.24, 2.45) is 5.10 Å². The van der Waals surface area contributed by atoms with Crippen molar-refractivity contribution in [1.82, 2.24) is 5.43 Å². The van der Waals surface area contributed by atoms with Crippen molar-refractivity contribution in [2.75, 3.05) is 20.3 Å². The average molecular weight is 377 g/mol. The van der Waals surface area contributed by atoms with Gasteiger partial charge in [-0.3, -0.25) is 4.79 Å². The second-order valence-electron chi connectivity index (χ2n) is 5.33. The summed E-state index contributed by atoms with van der Waals surface area (Å²) < 4.78 is 16.2. The molecule has 0 saturated heterocycles. The number of benzene rings is 2. The maximum Gasteiger partial charge on any atom is 0.277 e. The van der Waals surface area contributed by atoms with Gasteiger partial charge in [-0.2, -0.15) is 5.10 Å². The molecule has 0 heterocycles. The molecule has 0 saturated carbocycles. The molecule has 0 unspecified atom stereocenters. The van der Waals surface area contributed by atoms with Gasteiger partial charge in [0.2, 0.25) is 0 Å². The number of carbonyl (C=O) groups excluding carboxylic acids is 1. The summed E-state index contributed by atoms with van der Waals surface area (Å²) in [6.45, 7) is 4.16. The molecule has 2 rings (SSSR count). The highest BCUT2D eigenvalue weighted by molar-refractivity contribution is 6.30. The molecule has 0 aliphatic heterocycles. The summed E-state index contributed by atoms with van der Waals surface area (Å²) in [4.78, 5) is 11.8. The lowest BCUT2D eigenvalue weighted by atomic mass is 10.2. The zero-order valence-corrected chi connectivity index (χ0v) is 15.7. The third kappa shape index (κ3) is 5.67. The van der Waals surface area contributed by atoms with E-state index in [0.717, 1.165) is 11.1 Å². The normalized spacial score (nSPS) is 10.6. The summed E-state index contributed by atoms with van der Waals surface area (Å²) in [7, 11) is 1.57. The summed E-state index contributed by atoms with van der Waals surface area (Å²) in [5, 5.41) is 4.54. The number of amides is 1. The quantitative estimate of drug-likeness (QED) is 0.564. The van der Waals surface area contributed by atoms with Gasteiger partial charge in [0.15, 0.2) is 18.1 Å². The Morgan fingerprint density at radius 1 is 1.15 bits per heavy atom. The number of hydrazone groups is 1. The molecule has 26 heavy (non-hydrogen) atoms. The smallest absolute Gasteiger partial charge is 0.277 e. The van der Waals surface area contributed by atoms with Crippen LogP contribution >= 0.6 is 11.6 Å². The van der Waals surface area contributed by atoms with E-state index >= 15 is 0 Å². The lowest BCUT2D eigenvalue weighted by Crippen LogP contribution is -2.24. The molecule has 0 fully saturated rings. The van der Waals surface area contributed by atoms with E-state index in [1.54, 1.807) is 37.4 Å². The number of nitrogens with zero attached hydrogens (tertiary/aromatic N) is 1. The third-order valence-corrected chi connectivity index (χ3v) is 3.62. The van der Waals surface area contributed by atoms with Crippen LogP contribution in [0.2, 0.25) is 5.02 Å². The van der Waals surface area contributed by atoms with Crippen LogP contribution in [0.15, 0.2) is 41.5 Å². The highest BCUT2D eigenvalue weighted by atomic mass is 35.5. The van der Waals surface area contributed by atoms with Gasteiger partial charge in [-0.15, -0.1) is 0 Å². The zero-order valence-electron chi connectivity index (χ0n) is 14.9. The summed E-state index contributed by atoms with van der Waals surface area (Å²) in [5.74, 6) is 1.49. The molecule has 0 aliphatic rings. The monoisotopic (exact) mass is 376 g/mol. The highest BCUT2D eigenvalue weighted by Gasteiger charge is 2.06. The Morgan fingerprint density at radius 3 is 2.62 bits per heavy atom. The highest BCUT2D eigenvalue weighted by Crippen LogP contribution is 2.27. The molecule has 138 valence electrons. The van der Waals surface area contributed by atoms with Crippen molar-refractivity contribution < 1.29 is 19.0 Å². The van der Waals surface area contributed by atoms with E-state index in [9.17, 15) is 4.79 Å². The molecule has 1 amide bonds. The molecule has 0 atom stereocenters. The van der Waals surface area contributed by atoms with Crippen molar-refractivity contribution in [2.45, 2.75) is 13.8 Å². The minimum absolute atomic E-state index is 0.146. The Morgan fingerprint density at radius 2 is 1.92 bits per heavy atom. The Hall–Kier alpha value is -2.73. The topological polar surface area (TPSA) is 69.2 Å². The van der Waals surface area contributed by atoms with Crippen LogP contribution in [0.25, 0.3) is 0 Å². The average Bonchev–Trinajstić information content (AvgIpc) is 2.62. The van der Waals surface area contributed by atoms with Gasteiger partial charge in [0.25, 0.3) is 5.91 Å². The fourth-order valence-corrected chi connectivity index (χ4v) is 2.40. The van der Waals surface area contributed by atoms with Crippen molar-refractivity contribution in [3.05, 3.63) is 52.5 Å². The molecule has 0 bridgehead atoms. The first-order valence-corrected chi connectivity index (χ1v) is 8.43. The van der Waals surface area contributed by atoms with Gasteiger partial charge in [-0.1, -0.05) is 11.6 Å². The van der Waals surface area contributed by atoms with E-state index in [4.69, 9.17) is 25.8 Å². The Bertz CT molecular complexity index is 793. The number of carbonyl (C=O) groups is 1. The van der Waals surface area contributed by atoms with Gasteiger partial charge in [0.1, 0.15) is 5.75 Å². The van der Waals surface area contributed by atoms with Crippen LogP contribution in [0.3, 0.4) is 0 Å². The summed E-state index contributed by atoms with van der Waals surface area (Å²) in [5.41, 5.74) is 4.04. The first-order chi connectivity index (χ1) is 12.5. The van der Waals surface area contributed by atoms with Crippen LogP contribution in [0.5, 0.6) is 17.2 Å². The number of hydrogen-bond donors (Lipinski definition) is 1. The van der Waals surface area contributed by atoms with Gasteiger partial charge < -0.3 is 14.2 Å². The lowest BCUT2D eigenvalue weighted by Gasteiger charge is -2.09. The molecule has 2 aromatic carbocycles. The molecule has 2 aromatic rings. The Labute approximate surface area is 157 Å². The van der Waals surface area contributed by atoms with Gasteiger partial charge >= 0.3 is 0 Å². The molecule has 7 heteroatoms. The molecular weight excluding hydrogens is 356 g/mol. The van der Waals surface area contributed by atoms with Gasteiger partial charge in [-0.25, -0.2) is 5.43 Å². The van der Waals surface area contributed by atoms with Crippen molar-refractivity contribution in [1.29, 1.82) is 0 Å². The van der Waals surface area contributed by atoms with Crippen molar-refractivity contribution in [3.63, 3.8) is 0 Å². The van der Waals surface area contributed by atoms with Crippen LogP contribution < -0.4 is 19.6 Å². The van der Waals surface area contributed by atoms with E-state index in [1.165, 1.54) is 6.21 Å². The van der Waals surface area contributed by atoms with E-state index in [-0.39, 0.29) is 12.5 Å². The molecule has 0 spiro atoms. The molecule has 0 aromatic heterocycles. The predicted octanol–water partition coefficient (Wildman–Crippen LogP) is 3.58. The van der Waals surface area contributed by atoms with E-state index in [1.807, 2.05) is 19.9 Å². The lowest BCUT2D eigenvalue weighted by molar-refractivity contribution is -0.123. The van der Waals surface area contributed by atoms with Crippen LogP contribution in [-0.2, 0) is 4.79 Å². The van der Waals surface area contributed by atoms with Crippen LogP contribution in [-0.4, -0.2) is 32.4 Å². The molecule has 1 N–H and O–H groups in total. The molecule has 6 nitrogen and oxygen atoms in total. The van der Waals surface area contributed by atoms with Crippen molar-refractivity contribution >= 4 is 23.7 Å². The standard InChI is InChI=1S/C19H21ClN2O4/c1-4-25-17-7-5-14(10-18(17)24-3)11-21-22-19(23)12-26-16-8-6-15(20)9-13(16)2/h5-11H,4,12H2,1-3H3,(H,22,23)/b21-11-. The molecular formula is C19H21ClN2O4. The van der Waals surface area contributed by atoms with Gasteiger partial charge in [-0.05, 0) is 61.4 Å². The maximum atomic E-state index is 11.8. The number of methoxy groups -OCH3 is 1. The fraction of sp³-hybridized carbons (Fsp3) is 0.263.